The molecule has 1 aromatic heterocycles. The average molecular weight is 157 g/mol. The van der Waals surface area contributed by atoms with Crippen molar-refractivity contribution >= 4 is 6.47 Å². The fourth-order valence-electron chi connectivity index (χ4n) is 0.379. The van der Waals surface area contributed by atoms with Gasteiger partial charge >= 0.3 is 0 Å². The van der Waals surface area contributed by atoms with Gasteiger partial charge in [0.2, 0.25) is 0 Å². The van der Waals surface area contributed by atoms with Crippen molar-refractivity contribution in [1.82, 2.24) is 4.98 Å². The van der Waals surface area contributed by atoms with Crippen LogP contribution < -0.4 is 0 Å². The Balaban J connectivity index is 0.000000292. The highest BCUT2D eigenvalue weighted by molar-refractivity contribution is 5.33. The number of carboxylic acid groups (broad SMARTS) is 1. The maximum absolute atomic E-state index is 8.63. The van der Waals surface area contributed by atoms with E-state index in [0.717, 1.165) is 0 Å². The maximum atomic E-state index is 8.63. The van der Waals surface area contributed by atoms with E-state index in [1.54, 1.807) is 0 Å². The lowest BCUT2D eigenvalue weighted by molar-refractivity contribution is -0.122. The van der Waals surface area contributed by atoms with Crippen LogP contribution in [0.1, 0.15) is 0 Å². The van der Waals surface area contributed by atoms with Crippen LogP contribution in [0.4, 0.5) is 0 Å². The number of hydrogen-bond donors (Lipinski definition) is 3. The molecule has 0 unspecified atom stereocenters. The number of aromatic hydroxyl groups is 2. The van der Waals surface area contributed by atoms with Gasteiger partial charge in [-0.05, 0) is 0 Å². The minimum absolute atomic E-state index is 0.139. The summed E-state index contributed by atoms with van der Waals surface area (Å²) in [5, 5.41) is 24.1. The molecule has 3 N–H and O–H groups in total. The molecule has 5 nitrogen and oxygen atoms in total. The monoisotopic (exact) mass is 157 g/mol. The van der Waals surface area contributed by atoms with Gasteiger partial charge in [-0.3, -0.25) is 9.78 Å². The Hall–Kier alpha value is -1.78. The highest BCUT2D eigenvalue weighted by Gasteiger charge is 1.91. The Morgan fingerprint density at radius 2 is 1.91 bits per heavy atom. The van der Waals surface area contributed by atoms with Crippen LogP contribution in [0.3, 0.4) is 0 Å². The molecule has 0 amide bonds. The molecule has 60 valence electrons. The van der Waals surface area contributed by atoms with Crippen LogP contribution >= 0.6 is 0 Å². The summed E-state index contributed by atoms with van der Waals surface area (Å²) in [6.45, 7) is -0.250. The number of aromatic nitrogens is 1. The lowest BCUT2D eigenvalue weighted by Gasteiger charge is -1.90. The molecule has 5 heteroatoms. The zero-order valence-electron chi connectivity index (χ0n) is 5.51. The van der Waals surface area contributed by atoms with Crippen molar-refractivity contribution in [3.8, 4) is 11.5 Å². The van der Waals surface area contributed by atoms with Crippen LogP contribution in [0.15, 0.2) is 18.5 Å². The first-order valence-electron chi connectivity index (χ1n) is 2.62. The summed E-state index contributed by atoms with van der Waals surface area (Å²) in [4.78, 5) is 11.9. The summed E-state index contributed by atoms with van der Waals surface area (Å²) in [6, 6.07) is 1.31. The molecule has 0 aliphatic rings. The molecule has 11 heavy (non-hydrogen) atoms. The molecule has 0 spiro atoms. The number of carbonyl (C=O) groups is 1. The summed E-state index contributed by atoms with van der Waals surface area (Å²) in [6.07, 6.45) is 2.57. The Labute approximate surface area is 62.6 Å². The Morgan fingerprint density at radius 1 is 1.36 bits per heavy atom. The van der Waals surface area contributed by atoms with Gasteiger partial charge < -0.3 is 15.3 Å². The van der Waals surface area contributed by atoms with Gasteiger partial charge in [-0.25, -0.2) is 0 Å². The van der Waals surface area contributed by atoms with Crippen LogP contribution in [0.5, 0.6) is 11.5 Å². The summed E-state index contributed by atoms with van der Waals surface area (Å²) in [7, 11) is 0. The van der Waals surface area contributed by atoms with E-state index in [2.05, 4.69) is 4.98 Å². The van der Waals surface area contributed by atoms with Gasteiger partial charge in [-0.2, -0.15) is 0 Å². The zero-order chi connectivity index (χ0) is 8.69. The molecule has 0 radical (unpaired) electrons. The first-order valence-corrected chi connectivity index (χ1v) is 2.62. The van der Waals surface area contributed by atoms with E-state index in [1.807, 2.05) is 0 Å². The molecular formula is C6H7NO4. The second-order valence-corrected chi connectivity index (χ2v) is 1.47. The van der Waals surface area contributed by atoms with Gasteiger partial charge in [0.25, 0.3) is 6.47 Å². The molecule has 1 aromatic rings. The van der Waals surface area contributed by atoms with Crippen LogP contribution in [0.2, 0.25) is 0 Å². The molecule has 0 saturated carbocycles. The highest BCUT2D eigenvalue weighted by atomic mass is 16.3. The summed E-state index contributed by atoms with van der Waals surface area (Å²) in [5.74, 6) is -0.326. The molecule has 0 bridgehead atoms. The second-order valence-electron chi connectivity index (χ2n) is 1.47. The van der Waals surface area contributed by atoms with E-state index < -0.39 is 0 Å². The van der Waals surface area contributed by atoms with Crippen molar-refractivity contribution in [3.63, 3.8) is 0 Å². The van der Waals surface area contributed by atoms with Gasteiger partial charge in [0.05, 0.1) is 6.20 Å². The van der Waals surface area contributed by atoms with E-state index >= 15 is 0 Å². The first-order chi connectivity index (χ1) is 5.22. The van der Waals surface area contributed by atoms with Crippen molar-refractivity contribution in [2.24, 2.45) is 0 Å². The third kappa shape index (κ3) is 3.74. The van der Waals surface area contributed by atoms with Crippen molar-refractivity contribution in [2.45, 2.75) is 0 Å². The number of nitrogens with zero attached hydrogens (tertiary/aromatic N) is 1. The van der Waals surface area contributed by atoms with Crippen molar-refractivity contribution in [1.29, 1.82) is 0 Å². The second kappa shape index (κ2) is 5.04. The van der Waals surface area contributed by atoms with Gasteiger partial charge in [0.1, 0.15) is 0 Å². The van der Waals surface area contributed by atoms with Crippen LogP contribution in [0, 0.1) is 0 Å². The van der Waals surface area contributed by atoms with E-state index in [0.29, 0.717) is 0 Å². The largest absolute Gasteiger partial charge is 0.504 e. The standard InChI is InChI=1S/C5H5NO2.CH2O2/c7-4-1-2-6-3-5(4)8;2-1-3/h1-3,8H,(H,6,7);1H,(H,2,3). The average Bonchev–Trinajstić information content (AvgIpc) is 1.97. The minimum atomic E-state index is -0.250. The molecule has 1 heterocycles. The topological polar surface area (TPSA) is 90.7 Å². The lowest BCUT2D eigenvalue weighted by Crippen LogP contribution is -1.68. The molecule has 1 rings (SSSR count). The predicted molar refractivity (Wildman–Crippen MR) is 36.3 cm³/mol. The number of hydrogen-bond acceptors (Lipinski definition) is 4. The van der Waals surface area contributed by atoms with Crippen LogP contribution in [-0.4, -0.2) is 26.8 Å². The fraction of sp³-hybridized carbons (Fsp3) is 0. The van der Waals surface area contributed by atoms with E-state index in [4.69, 9.17) is 20.1 Å². The Morgan fingerprint density at radius 3 is 2.18 bits per heavy atom. The van der Waals surface area contributed by atoms with E-state index in [-0.39, 0.29) is 18.0 Å². The zero-order valence-corrected chi connectivity index (χ0v) is 5.51. The van der Waals surface area contributed by atoms with Crippen molar-refractivity contribution < 1.29 is 20.1 Å². The summed E-state index contributed by atoms with van der Waals surface area (Å²) >= 11 is 0. The van der Waals surface area contributed by atoms with Crippen molar-refractivity contribution in [2.75, 3.05) is 0 Å². The third-order valence-electron chi connectivity index (χ3n) is 0.778. The normalized spacial score (nSPS) is 7.64. The third-order valence-corrected chi connectivity index (χ3v) is 0.778. The molecule has 0 aliphatic heterocycles. The van der Waals surface area contributed by atoms with Gasteiger partial charge in [0.15, 0.2) is 11.5 Å². The van der Waals surface area contributed by atoms with Gasteiger partial charge in [-0.1, -0.05) is 0 Å². The van der Waals surface area contributed by atoms with Gasteiger partial charge in [0, 0.05) is 12.3 Å². The first kappa shape index (κ1) is 9.22. The van der Waals surface area contributed by atoms with Crippen LogP contribution in [-0.2, 0) is 4.79 Å². The molecule has 0 saturated heterocycles. The van der Waals surface area contributed by atoms with Gasteiger partial charge in [-0.15, -0.1) is 0 Å². The smallest absolute Gasteiger partial charge is 0.290 e. The fourth-order valence-corrected chi connectivity index (χ4v) is 0.379. The number of pyridine rings is 1. The Bertz CT molecular complexity index is 205. The Kier molecular flexibility index (Phi) is 4.22. The van der Waals surface area contributed by atoms with E-state index in [9.17, 15) is 0 Å². The maximum Gasteiger partial charge on any atom is 0.290 e. The number of rotatable bonds is 0. The molecule has 0 aliphatic carbocycles. The molecule has 0 aromatic carbocycles. The lowest BCUT2D eigenvalue weighted by atomic mass is 10.4. The van der Waals surface area contributed by atoms with E-state index in [1.165, 1.54) is 18.5 Å². The quantitative estimate of drug-likeness (QED) is 0.468. The summed E-state index contributed by atoms with van der Waals surface area (Å²) in [5.41, 5.74) is 0. The molecule has 0 atom stereocenters. The molecule has 0 fully saturated rings. The summed E-state index contributed by atoms with van der Waals surface area (Å²) < 4.78 is 0. The molecular weight excluding hydrogens is 150 g/mol. The predicted octanol–water partition coefficient (Wildman–Crippen LogP) is 0.194. The highest BCUT2D eigenvalue weighted by Crippen LogP contribution is 2.19. The SMILES string of the molecule is O=CO.Oc1ccncc1O. The van der Waals surface area contributed by atoms with Crippen LogP contribution in [0.25, 0.3) is 0 Å². The minimum Gasteiger partial charge on any atom is -0.504 e. The van der Waals surface area contributed by atoms with Crippen molar-refractivity contribution in [3.05, 3.63) is 18.5 Å².